The second-order valence-corrected chi connectivity index (χ2v) is 8.08. The molecule has 152 valence electrons. The van der Waals surface area contributed by atoms with Crippen LogP contribution in [0.3, 0.4) is 0 Å². The molecule has 6 nitrogen and oxygen atoms in total. The number of rotatable bonds is 5. The fourth-order valence-corrected chi connectivity index (χ4v) is 5.06. The Morgan fingerprint density at radius 3 is 2.82 bits per heavy atom. The molecule has 1 N–H and O–H groups in total. The molecule has 6 atom stereocenters. The van der Waals surface area contributed by atoms with Gasteiger partial charge in [-0.3, -0.25) is 4.98 Å². The summed E-state index contributed by atoms with van der Waals surface area (Å²) in [5, 5.41) is 15.0. The zero-order valence-electron chi connectivity index (χ0n) is 17.3. The van der Waals surface area contributed by atoms with Gasteiger partial charge < -0.3 is 14.7 Å². The van der Waals surface area contributed by atoms with Crippen molar-refractivity contribution >= 4 is 17.8 Å². The van der Waals surface area contributed by atoms with Gasteiger partial charge in [0.1, 0.15) is 13.2 Å². The number of pyridine rings is 1. The summed E-state index contributed by atoms with van der Waals surface area (Å²) in [5.74, 6) is -0.0257. The minimum Gasteiger partial charge on any atom is -0.460 e. The Balaban J connectivity index is 1.87. The van der Waals surface area contributed by atoms with Crippen molar-refractivity contribution in [3.8, 4) is 0 Å². The summed E-state index contributed by atoms with van der Waals surface area (Å²) >= 11 is 0. The molecular weight excluding hydrogens is 356 g/mol. The van der Waals surface area contributed by atoms with Crippen LogP contribution in [0.1, 0.15) is 51.8 Å². The van der Waals surface area contributed by atoms with E-state index in [9.17, 15) is 9.90 Å². The fourth-order valence-electron chi connectivity index (χ4n) is 5.06. The second kappa shape index (κ2) is 8.03. The molecule has 0 spiro atoms. The van der Waals surface area contributed by atoms with Gasteiger partial charge in [0.2, 0.25) is 0 Å². The topological polar surface area (TPSA) is 81.0 Å². The van der Waals surface area contributed by atoms with Crippen molar-refractivity contribution in [1.29, 1.82) is 0 Å². The second-order valence-electron chi connectivity index (χ2n) is 8.08. The third-order valence-electron chi connectivity index (χ3n) is 6.37. The average Bonchev–Trinajstić information content (AvgIpc) is 2.88. The number of hydrogen-bond acceptors (Lipinski definition) is 6. The van der Waals surface area contributed by atoms with Gasteiger partial charge in [0.05, 0.1) is 11.4 Å². The van der Waals surface area contributed by atoms with E-state index in [-0.39, 0.29) is 23.9 Å². The van der Waals surface area contributed by atoms with Gasteiger partial charge >= 0.3 is 5.97 Å². The molecule has 1 saturated carbocycles. The van der Waals surface area contributed by atoms with Crippen LogP contribution in [0.25, 0.3) is 6.08 Å². The van der Waals surface area contributed by atoms with E-state index in [1.807, 2.05) is 32.1 Å². The summed E-state index contributed by atoms with van der Waals surface area (Å²) < 4.78 is 5.44. The van der Waals surface area contributed by atoms with Crippen molar-refractivity contribution in [2.75, 3.05) is 7.11 Å². The van der Waals surface area contributed by atoms with Crippen molar-refractivity contribution in [2.24, 2.45) is 28.8 Å². The molecule has 1 saturated heterocycles. The Bertz CT molecular complexity index is 773. The molecule has 0 bridgehead atoms. The molecule has 0 amide bonds. The van der Waals surface area contributed by atoms with Crippen LogP contribution in [0.15, 0.2) is 29.6 Å². The standard InChI is InChI=1S/C22H30N2O4/c1-6-18-13(2)11-22(26)20(15(4)28-21(22)25)19(18)10-9-17-8-7-16(12-23-17)14(3)24-27-5/h7-10,12-13,15,18-20,26H,6,11H2,1-5H3/t13-,15+,18+,19-,20-,22-/m0/s1. The molecule has 28 heavy (non-hydrogen) atoms. The van der Waals surface area contributed by atoms with E-state index in [2.05, 4.69) is 30.1 Å². The number of aliphatic hydroxyl groups is 1. The highest BCUT2D eigenvalue weighted by molar-refractivity contribution is 5.98. The summed E-state index contributed by atoms with van der Waals surface area (Å²) in [5.41, 5.74) is 1.10. The number of ether oxygens (including phenoxy) is 1. The van der Waals surface area contributed by atoms with Gasteiger partial charge in [-0.25, -0.2) is 4.79 Å². The lowest BCUT2D eigenvalue weighted by Gasteiger charge is -2.45. The lowest BCUT2D eigenvalue weighted by Crippen LogP contribution is -2.53. The molecule has 0 radical (unpaired) electrons. The molecule has 1 aliphatic carbocycles. The van der Waals surface area contributed by atoms with E-state index >= 15 is 0 Å². The number of aromatic nitrogens is 1. The number of carbonyl (C=O) groups is 1. The Hall–Kier alpha value is -2.21. The van der Waals surface area contributed by atoms with Gasteiger partial charge in [0, 0.05) is 17.7 Å². The van der Waals surface area contributed by atoms with Gasteiger partial charge in [-0.1, -0.05) is 31.5 Å². The third kappa shape index (κ3) is 3.58. The van der Waals surface area contributed by atoms with Crippen LogP contribution in [0.4, 0.5) is 0 Å². The quantitative estimate of drug-likeness (QED) is 0.476. The molecule has 3 rings (SSSR count). The Kier molecular flexibility index (Phi) is 5.89. The first-order valence-corrected chi connectivity index (χ1v) is 9.97. The molecule has 2 aliphatic rings. The molecule has 2 fully saturated rings. The highest BCUT2D eigenvalue weighted by Gasteiger charge is 2.62. The lowest BCUT2D eigenvalue weighted by molar-refractivity contribution is -0.160. The van der Waals surface area contributed by atoms with Gasteiger partial charge in [-0.15, -0.1) is 0 Å². The maximum absolute atomic E-state index is 12.3. The van der Waals surface area contributed by atoms with Crippen molar-refractivity contribution < 1.29 is 19.5 Å². The van der Waals surface area contributed by atoms with E-state index in [1.54, 1.807) is 6.20 Å². The highest BCUT2D eigenvalue weighted by Crippen LogP contribution is 2.52. The number of oxime groups is 1. The predicted molar refractivity (Wildman–Crippen MR) is 108 cm³/mol. The van der Waals surface area contributed by atoms with Gasteiger partial charge in [-0.05, 0) is 56.2 Å². The van der Waals surface area contributed by atoms with Crippen LogP contribution < -0.4 is 0 Å². The monoisotopic (exact) mass is 386 g/mol. The number of hydrogen-bond donors (Lipinski definition) is 1. The first-order chi connectivity index (χ1) is 13.3. The number of carbonyl (C=O) groups excluding carboxylic acids is 1. The molecule has 0 aromatic carbocycles. The Morgan fingerprint density at radius 2 is 2.21 bits per heavy atom. The van der Waals surface area contributed by atoms with E-state index in [0.717, 1.165) is 23.4 Å². The molecule has 1 aromatic rings. The first kappa shape index (κ1) is 20.5. The van der Waals surface area contributed by atoms with Gasteiger partial charge in [0.15, 0.2) is 5.60 Å². The summed E-state index contributed by atoms with van der Waals surface area (Å²) in [4.78, 5) is 21.6. The van der Waals surface area contributed by atoms with Crippen molar-refractivity contribution in [3.05, 3.63) is 35.7 Å². The summed E-state index contributed by atoms with van der Waals surface area (Å²) in [6, 6.07) is 3.88. The van der Waals surface area contributed by atoms with Crippen LogP contribution in [0, 0.1) is 23.7 Å². The van der Waals surface area contributed by atoms with Gasteiger partial charge in [0.25, 0.3) is 0 Å². The zero-order chi connectivity index (χ0) is 20.5. The summed E-state index contributed by atoms with van der Waals surface area (Å²) in [6.07, 6.45) is 7.01. The number of nitrogens with zero attached hydrogens (tertiary/aromatic N) is 2. The highest BCUT2D eigenvalue weighted by atomic mass is 16.6. The van der Waals surface area contributed by atoms with E-state index in [4.69, 9.17) is 9.57 Å². The van der Waals surface area contributed by atoms with Crippen LogP contribution in [0.2, 0.25) is 0 Å². The van der Waals surface area contributed by atoms with Gasteiger partial charge in [-0.2, -0.15) is 0 Å². The van der Waals surface area contributed by atoms with Crippen molar-refractivity contribution in [1.82, 2.24) is 4.98 Å². The lowest BCUT2D eigenvalue weighted by atomic mass is 9.59. The molecule has 2 heterocycles. The van der Waals surface area contributed by atoms with Crippen LogP contribution in [-0.2, 0) is 14.4 Å². The molecular formula is C22H30N2O4. The Morgan fingerprint density at radius 1 is 1.46 bits per heavy atom. The van der Waals surface area contributed by atoms with E-state index in [0.29, 0.717) is 12.3 Å². The van der Waals surface area contributed by atoms with Crippen molar-refractivity contribution in [2.45, 2.75) is 52.2 Å². The SMILES string of the molecule is CC[C@H]1[C@H](C=Cc2ccc(C(C)=NOC)cn2)[C@@H]2[C@@H](C)OC(=O)[C@]2(O)C[C@@H]1C. The summed E-state index contributed by atoms with van der Waals surface area (Å²) in [7, 11) is 1.52. The smallest absolute Gasteiger partial charge is 0.338 e. The van der Waals surface area contributed by atoms with Crippen LogP contribution >= 0.6 is 0 Å². The van der Waals surface area contributed by atoms with E-state index in [1.165, 1.54) is 7.11 Å². The normalized spacial score (nSPS) is 35.7. The number of fused-ring (bicyclic) bond motifs is 1. The van der Waals surface area contributed by atoms with Crippen LogP contribution in [0.5, 0.6) is 0 Å². The minimum absolute atomic E-state index is 0.0541. The Labute approximate surface area is 166 Å². The first-order valence-electron chi connectivity index (χ1n) is 9.97. The molecule has 0 unspecified atom stereocenters. The maximum Gasteiger partial charge on any atom is 0.338 e. The maximum atomic E-state index is 12.3. The predicted octanol–water partition coefficient (Wildman–Crippen LogP) is 3.44. The van der Waals surface area contributed by atoms with E-state index < -0.39 is 11.6 Å². The van der Waals surface area contributed by atoms with Crippen molar-refractivity contribution in [3.63, 3.8) is 0 Å². The largest absolute Gasteiger partial charge is 0.460 e. The minimum atomic E-state index is -1.38. The molecule has 1 aliphatic heterocycles. The number of esters is 1. The molecule has 1 aromatic heterocycles. The number of allylic oxidation sites excluding steroid dienone is 1. The fraction of sp³-hybridized carbons (Fsp3) is 0.591. The third-order valence-corrected chi connectivity index (χ3v) is 6.37. The zero-order valence-corrected chi connectivity index (χ0v) is 17.3. The number of cyclic esters (lactones) is 1. The molecule has 6 heteroatoms. The van der Waals surface area contributed by atoms with Crippen LogP contribution in [-0.4, -0.2) is 40.6 Å². The summed E-state index contributed by atoms with van der Waals surface area (Å²) in [6.45, 7) is 8.03. The average molecular weight is 386 g/mol.